The average Bonchev–Trinajstić information content (AvgIpc) is 2.62. The van der Waals surface area contributed by atoms with E-state index >= 15 is 0 Å². The van der Waals surface area contributed by atoms with Crippen LogP contribution in [0.15, 0.2) is 12.2 Å². The van der Waals surface area contributed by atoms with Crippen molar-refractivity contribution in [1.29, 1.82) is 0 Å². The number of nitrogens with two attached hydrogens (primary N) is 1. The highest BCUT2D eigenvalue weighted by Gasteiger charge is 2.23. The van der Waals surface area contributed by atoms with Gasteiger partial charge in [-0.3, -0.25) is 4.79 Å². The number of hydrogen-bond donors (Lipinski definition) is 2. The fourth-order valence-electron chi connectivity index (χ4n) is 1.93. The first-order valence-corrected chi connectivity index (χ1v) is 6.23. The molecule has 1 aliphatic carbocycles. The summed E-state index contributed by atoms with van der Waals surface area (Å²) in [6.45, 7) is 6.47. The molecule has 0 saturated carbocycles. The predicted octanol–water partition coefficient (Wildman–Crippen LogP) is 1.83. The molecule has 1 rings (SSSR count). The second kappa shape index (κ2) is 6.04. The van der Waals surface area contributed by atoms with Crippen molar-refractivity contribution in [3.63, 3.8) is 0 Å². The number of carbonyl (C=O) groups excluding carboxylic acids is 1. The molecule has 0 spiro atoms. The molecular formula is C13H24N2O. The number of nitrogens with one attached hydrogen (secondary N) is 1. The summed E-state index contributed by atoms with van der Waals surface area (Å²) in [5, 5.41) is 3.05. The smallest absolute Gasteiger partial charge is 0.227 e. The molecule has 0 radical (unpaired) electrons. The van der Waals surface area contributed by atoms with E-state index in [2.05, 4.69) is 26.1 Å². The molecule has 1 aliphatic rings. The van der Waals surface area contributed by atoms with Crippen molar-refractivity contribution >= 4 is 5.91 Å². The van der Waals surface area contributed by atoms with Crippen molar-refractivity contribution in [3.8, 4) is 0 Å². The van der Waals surface area contributed by atoms with E-state index in [0.717, 1.165) is 19.3 Å². The van der Waals surface area contributed by atoms with Gasteiger partial charge in [-0.2, -0.15) is 0 Å². The molecule has 3 unspecified atom stereocenters. The highest BCUT2D eigenvalue weighted by Crippen LogP contribution is 2.17. The molecule has 0 fully saturated rings. The Morgan fingerprint density at radius 1 is 1.38 bits per heavy atom. The highest BCUT2D eigenvalue weighted by atomic mass is 16.1. The molecule has 0 aromatic rings. The molecule has 3 nitrogen and oxygen atoms in total. The monoisotopic (exact) mass is 224 g/mol. The summed E-state index contributed by atoms with van der Waals surface area (Å²) < 4.78 is 0. The average molecular weight is 224 g/mol. The summed E-state index contributed by atoms with van der Waals surface area (Å²) in [5.74, 6) is 0.802. The van der Waals surface area contributed by atoms with Crippen LogP contribution in [0.5, 0.6) is 0 Å². The van der Waals surface area contributed by atoms with Gasteiger partial charge in [0.05, 0.1) is 5.92 Å². The van der Waals surface area contributed by atoms with Gasteiger partial charge >= 0.3 is 0 Å². The Bertz CT molecular complexity index is 261. The van der Waals surface area contributed by atoms with Crippen molar-refractivity contribution in [2.75, 3.05) is 0 Å². The van der Waals surface area contributed by atoms with E-state index < -0.39 is 0 Å². The minimum Gasteiger partial charge on any atom is -0.353 e. The van der Waals surface area contributed by atoms with E-state index in [1.165, 1.54) is 0 Å². The molecule has 1 amide bonds. The van der Waals surface area contributed by atoms with Gasteiger partial charge in [0.1, 0.15) is 0 Å². The van der Waals surface area contributed by atoms with Gasteiger partial charge in [0.15, 0.2) is 0 Å². The SMILES string of the molecule is CC(C)CCC(C)NC(=O)C1C=CC(N)C1. The lowest BCUT2D eigenvalue weighted by Gasteiger charge is -2.17. The maximum atomic E-state index is 11.8. The van der Waals surface area contributed by atoms with Crippen molar-refractivity contribution < 1.29 is 4.79 Å². The predicted molar refractivity (Wildman–Crippen MR) is 66.9 cm³/mol. The van der Waals surface area contributed by atoms with Crippen LogP contribution in [0.4, 0.5) is 0 Å². The number of amides is 1. The van der Waals surface area contributed by atoms with E-state index in [-0.39, 0.29) is 23.9 Å². The van der Waals surface area contributed by atoms with Gasteiger partial charge in [-0.05, 0) is 32.1 Å². The van der Waals surface area contributed by atoms with Crippen molar-refractivity contribution in [2.45, 2.75) is 52.1 Å². The minimum absolute atomic E-state index is 0.0171. The Morgan fingerprint density at radius 2 is 2.06 bits per heavy atom. The van der Waals surface area contributed by atoms with Gasteiger partial charge < -0.3 is 11.1 Å². The summed E-state index contributed by atoms with van der Waals surface area (Å²) in [5.41, 5.74) is 5.73. The summed E-state index contributed by atoms with van der Waals surface area (Å²) in [7, 11) is 0. The topological polar surface area (TPSA) is 55.1 Å². The fourth-order valence-corrected chi connectivity index (χ4v) is 1.93. The Hall–Kier alpha value is -0.830. The van der Waals surface area contributed by atoms with Crippen LogP contribution >= 0.6 is 0 Å². The quantitative estimate of drug-likeness (QED) is 0.700. The highest BCUT2D eigenvalue weighted by molar-refractivity contribution is 5.81. The van der Waals surface area contributed by atoms with Crippen LogP contribution in [0.3, 0.4) is 0 Å². The lowest BCUT2D eigenvalue weighted by atomic mass is 10.0. The van der Waals surface area contributed by atoms with Crippen molar-refractivity contribution in [3.05, 3.63) is 12.2 Å². The van der Waals surface area contributed by atoms with E-state index in [4.69, 9.17) is 5.73 Å². The summed E-state index contributed by atoms with van der Waals surface area (Å²) in [4.78, 5) is 11.8. The Balaban J connectivity index is 2.26. The van der Waals surface area contributed by atoms with Crippen LogP contribution in [0, 0.1) is 11.8 Å². The third-order valence-electron chi connectivity index (χ3n) is 3.02. The van der Waals surface area contributed by atoms with Crippen LogP contribution in [-0.4, -0.2) is 18.0 Å². The maximum absolute atomic E-state index is 11.8. The second-order valence-electron chi connectivity index (χ2n) is 5.27. The maximum Gasteiger partial charge on any atom is 0.227 e. The molecule has 16 heavy (non-hydrogen) atoms. The second-order valence-corrected chi connectivity index (χ2v) is 5.27. The lowest BCUT2D eigenvalue weighted by Crippen LogP contribution is -2.37. The minimum atomic E-state index is -0.0171. The summed E-state index contributed by atoms with van der Waals surface area (Å²) in [6.07, 6.45) is 6.80. The Morgan fingerprint density at radius 3 is 2.56 bits per heavy atom. The number of hydrogen-bond acceptors (Lipinski definition) is 2. The van der Waals surface area contributed by atoms with Gasteiger partial charge in [0, 0.05) is 12.1 Å². The summed E-state index contributed by atoms with van der Waals surface area (Å²) in [6, 6.07) is 0.321. The molecule has 0 aromatic heterocycles. The number of rotatable bonds is 5. The van der Waals surface area contributed by atoms with Gasteiger partial charge in [0.2, 0.25) is 5.91 Å². The first kappa shape index (κ1) is 13.2. The first-order chi connectivity index (χ1) is 7.49. The van der Waals surface area contributed by atoms with Gasteiger partial charge in [-0.15, -0.1) is 0 Å². The zero-order valence-corrected chi connectivity index (χ0v) is 10.6. The molecule has 0 aliphatic heterocycles. The van der Waals surface area contributed by atoms with Gasteiger partial charge in [-0.1, -0.05) is 26.0 Å². The summed E-state index contributed by atoms with van der Waals surface area (Å²) >= 11 is 0. The van der Waals surface area contributed by atoms with Crippen LogP contribution < -0.4 is 11.1 Å². The van der Waals surface area contributed by atoms with Crippen molar-refractivity contribution in [2.24, 2.45) is 17.6 Å². The normalized spacial score (nSPS) is 26.1. The largest absolute Gasteiger partial charge is 0.353 e. The molecular weight excluding hydrogens is 200 g/mol. The molecule has 92 valence electrons. The Labute approximate surface area is 98.5 Å². The van der Waals surface area contributed by atoms with E-state index in [0.29, 0.717) is 5.92 Å². The molecule has 3 atom stereocenters. The lowest BCUT2D eigenvalue weighted by molar-refractivity contribution is -0.124. The third kappa shape index (κ3) is 4.35. The van der Waals surface area contributed by atoms with E-state index in [9.17, 15) is 4.79 Å². The zero-order chi connectivity index (χ0) is 12.1. The standard InChI is InChI=1S/C13H24N2O/c1-9(2)4-5-10(3)15-13(16)11-6-7-12(14)8-11/h6-7,9-12H,4-5,8,14H2,1-3H3,(H,15,16). The Kier molecular flexibility index (Phi) is 5.00. The van der Waals surface area contributed by atoms with Gasteiger partial charge in [0.25, 0.3) is 0 Å². The first-order valence-electron chi connectivity index (χ1n) is 6.23. The molecule has 0 bridgehead atoms. The molecule has 0 saturated heterocycles. The zero-order valence-electron chi connectivity index (χ0n) is 10.6. The van der Waals surface area contributed by atoms with Crippen LogP contribution in [0.1, 0.15) is 40.0 Å². The molecule has 3 N–H and O–H groups in total. The molecule has 0 aromatic carbocycles. The van der Waals surface area contributed by atoms with E-state index in [1.54, 1.807) is 0 Å². The van der Waals surface area contributed by atoms with E-state index in [1.807, 2.05) is 12.2 Å². The molecule has 3 heteroatoms. The van der Waals surface area contributed by atoms with Crippen molar-refractivity contribution in [1.82, 2.24) is 5.32 Å². The van der Waals surface area contributed by atoms with Crippen LogP contribution in [0.2, 0.25) is 0 Å². The third-order valence-corrected chi connectivity index (χ3v) is 3.02. The fraction of sp³-hybridized carbons (Fsp3) is 0.769. The number of carbonyl (C=O) groups is 1. The molecule has 0 heterocycles. The van der Waals surface area contributed by atoms with Gasteiger partial charge in [-0.25, -0.2) is 0 Å². The van der Waals surface area contributed by atoms with Crippen LogP contribution in [-0.2, 0) is 4.79 Å². The van der Waals surface area contributed by atoms with Crippen LogP contribution in [0.25, 0.3) is 0 Å².